The third kappa shape index (κ3) is 3.99. The van der Waals surface area contributed by atoms with Gasteiger partial charge in [0.15, 0.2) is 10.8 Å². The van der Waals surface area contributed by atoms with Crippen molar-refractivity contribution in [2.75, 3.05) is 18.4 Å². The monoisotopic (exact) mass is 510 g/mol. The minimum atomic E-state index is -3.10. The van der Waals surface area contributed by atoms with Crippen LogP contribution in [0.1, 0.15) is 59.9 Å². The Labute approximate surface area is 201 Å². The van der Waals surface area contributed by atoms with Crippen LogP contribution in [0.3, 0.4) is 0 Å². The lowest BCUT2D eigenvalue weighted by Gasteiger charge is -2.38. The molecule has 3 aromatic heterocycles. The second-order valence-electron chi connectivity index (χ2n) is 9.41. The molecule has 4 heterocycles. The zero-order chi connectivity index (χ0) is 25.3. The van der Waals surface area contributed by atoms with Gasteiger partial charge in [-0.15, -0.1) is 0 Å². The maximum atomic E-state index is 13.7. The van der Waals surface area contributed by atoms with Gasteiger partial charge in [0.2, 0.25) is 5.91 Å². The Bertz CT molecular complexity index is 1370. The minimum absolute atomic E-state index is 0.0433. The summed E-state index contributed by atoms with van der Waals surface area (Å²) in [6, 6.07) is 2.55. The summed E-state index contributed by atoms with van der Waals surface area (Å²) in [5.74, 6) is -5.18. The van der Waals surface area contributed by atoms with Crippen LogP contribution in [-0.4, -0.2) is 55.3 Å². The summed E-state index contributed by atoms with van der Waals surface area (Å²) in [6.45, 7) is 2.19. The minimum Gasteiger partial charge on any atom is -0.325 e. The third-order valence-corrected chi connectivity index (χ3v) is 6.47. The number of aromatic nitrogens is 4. The first-order valence-electron chi connectivity index (χ1n) is 10.7. The van der Waals surface area contributed by atoms with Gasteiger partial charge in [0.05, 0.1) is 42.1 Å². The van der Waals surface area contributed by atoms with Gasteiger partial charge in [0, 0.05) is 23.2 Å². The second kappa shape index (κ2) is 7.87. The lowest BCUT2D eigenvalue weighted by Crippen LogP contribution is -2.58. The zero-order valence-corrected chi connectivity index (χ0v) is 19.3. The van der Waals surface area contributed by atoms with Gasteiger partial charge in [-0.2, -0.15) is 5.10 Å². The van der Waals surface area contributed by atoms with E-state index in [-0.39, 0.29) is 10.8 Å². The standard InChI is InChI=1S/C22H19ClF4N6O2/c1-21(2)5-12(13-7-28-15-4-14(23)31-33(15)17(13)21)19(34)30-10-3-11(18(24)25)16(29-6-10)20(35)32-8-22(26,27)9-32/h3-4,6-7,12,18H,5,8-9H2,1-2H3,(H,30,34). The number of pyridine rings is 1. The molecule has 2 aliphatic rings. The SMILES string of the molecule is CC1(C)CC(C(=O)Nc2cnc(C(=O)N3CC(F)(F)C3)c(C(F)F)c2)c2cnc3cc(Cl)nn3c21. The predicted octanol–water partition coefficient (Wildman–Crippen LogP) is 4.21. The average Bonchev–Trinajstić information content (AvgIpc) is 3.27. The molecule has 1 unspecified atom stereocenters. The maximum absolute atomic E-state index is 13.7. The van der Waals surface area contributed by atoms with Crippen LogP contribution in [0.5, 0.6) is 0 Å². The first-order valence-corrected chi connectivity index (χ1v) is 11.0. The van der Waals surface area contributed by atoms with Crippen molar-refractivity contribution in [3.8, 4) is 0 Å². The number of amides is 2. The molecule has 0 saturated carbocycles. The number of hydrogen-bond donors (Lipinski definition) is 1. The number of fused-ring (bicyclic) bond motifs is 3. The summed E-state index contributed by atoms with van der Waals surface area (Å²) in [5.41, 5.74) is 0.0656. The van der Waals surface area contributed by atoms with E-state index in [0.717, 1.165) is 22.9 Å². The van der Waals surface area contributed by atoms with E-state index in [1.807, 2.05) is 13.8 Å². The third-order valence-electron chi connectivity index (χ3n) is 6.28. The first-order chi connectivity index (χ1) is 16.4. The zero-order valence-electron chi connectivity index (χ0n) is 18.5. The highest BCUT2D eigenvalue weighted by atomic mass is 35.5. The molecule has 1 N–H and O–H groups in total. The molecule has 1 aliphatic carbocycles. The van der Waals surface area contributed by atoms with Crippen LogP contribution in [0.25, 0.3) is 5.65 Å². The van der Waals surface area contributed by atoms with E-state index in [1.165, 1.54) is 0 Å². The summed E-state index contributed by atoms with van der Waals surface area (Å²) in [5, 5.41) is 7.11. The molecule has 1 atom stereocenters. The van der Waals surface area contributed by atoms with Crippen LogP contribution in [0.2, 0.25) is 5.15 Å². The summed E-state index contributed by atoms with van der Waals surface area (Å²) in [7, 11) is 0. The van der Waals surface area contributed by atoms with Crippen molar-refractivity contribution in [1.82, 2.24) is 24.5 Å². The van der Waals surface area contributed by atoms with Crippen LogP contribution < -0.4 is 5.32 Å². The number of halogens is 5. The Morgan fingerprint density at radius 3 is 2.54 bits per heavy atom. The van der Waals surface area contributed by atoms with Crippen molar-refractivity contribution in [1.29, 1.82) is 0 Å². The molecule has 0 radical (unpaired) electrons. The van der Waals surface area contributed by atoms with Crippen LogP contribution in [0, 0.1) is 0 Å². The number of hydrogen-bond acceptors (Lipinski definition) is 5. The van der Waals surface area contributed by atoms with E-state index >= 15 is 0 Å². The maximum Gasteiger partial charge on any atom is 0.282 e. The number of nitrogens with zero attached hydrogens (tertiary/aromatic N) is 5. The number of rotatable bonds is 4. The van der Waals surface area contributed by atoms with Gasteiger partial charge >= 0.3 is 0 Å². The lowest BCUT2D eigenvalue weighted by molar-refractivity contribution is -0.117. The molecule has 1 aliphatic heterocycles. The lowest BCUT2D eigenvalue weighted by atomic mass is 9.88. The summed E-state index contributed by atoms with van der Waals surface area (Å²) >= 11 is 6.02. The number of anilines is 1. The van der Waals surface area contributed by atoms with Crippen LogP contribution >= 0.6 is 11.6 Å². The molecule has 1 saturated heterocycles. The van der Waals surface area contributed by atoms with E-state index in [1.54, 1.807) is 16.8 Å². The Morgan fingerprint density at radius 2 is 1.89 bits per heavy atom. The smallest absolute Gasteiger partial charge is 0.282 e. The Morgan fingerprint density at radius 1 is 1.17 bits per heavy atom. The number of alkyl halides is 4. The molecule has 184 valence electrons. The normalized spacial score (nSPS) is 20.1. The van der Waals surface area contributed by atoms with E-state index in [0.29, 0.717) is 17.6 Å². The molecule has 13 heteroatoms. The topological polar surface area (TPSA) is 92.5 Å². The Kier molecular flexibility index (Phi) is 5.28. The summed E-state index contributed by atoms with van der Waals surface area (Å²) in [6.07, 6.45) is -0.0607. The van der Waals surface area contributed by atoms with Crippen molar-refractivity contribution in [3.63, 3.8) is 0 Å². The Hall–Kier alpha value is -3.28. The van der Waals surface area contributed by atoms with Gasteiger partial charge in [-0.1, -0.05) is 25.4 Å². The van der Waals surface area contributed by atoms with Crippen molar-refractivity contribution in [2.45, 2.75) is 43.9 Å². The molecule has 1 fully saturated rings. The molecule has 3 aromatic rings. The van der Waals surface area contributed by atoms with E-state index in [2.05, 4.69) is 20.4 Å². The van der Waals surface area contributed by atoms with Gasteiger partial charge in [0.1, 0.15) is 5.69 Å². The van der Waals surface area contributed by atoms with Crippen LogP contribution in [0.15, 0.2) is 24.5 Å². The predicted molar refractivity (Wildman–Crippen MR) is 117 cm³/mol. The number of likely N-dealkylation sites (tertiary alicyclic amines) is 1. The molecule has 0 bridgehead atoms. The molecular formula is C22H19ClF4N6O2. The van der Waals surface area contributed by atoms with E-state index in [9.17, 15) is 27.2 Å². The highest BCUT2D eigenvalue weighted by Gasteiger charge is 2.47. The van der Waals surface area contributed by atoms with Crippen molar-refractivity contribution >= 4 is 34.7 Å². The molecule has 0 spiro atoms. The fraction of sp³-hybridized carbons (Fsp3) is 0.409. The first kappa shape index (κ1) is 23.5. The van der Waals surface area contributed by atoms with Gasteiger partial charge in [-0.25, -0.2) is 32.0 Å². The van der Waals surface area contributed by atoms with Crippen LogP contribution in [-0.2, 0) is 10.2 Å². The highest BCUT2D eigenvalue weighted by molar-refractivity contribution is 6.29. The van der Waals surface area contributed by atoms with Gasteiger partial charge in [-0.3, -0.25) is 9.59 Å². The Balaban J connectivity index is 1.41. The molecule has 35 heavy (non-hydrogen) atoms. The van der Waals surface area contributed by atoms with Crippen LogP contribution in [0.4, 0.5) is 23.2 Å². The second-order valence-corrected chi connectivity index (χ2v) is 9.80. The van der Waals surface area contributed by atoms with Gasteiger partial charge in [-0.05, 0) is 12.5 Å². The fourth-order valence-corrected chi connectivity index (χ4v) is 4.91. The molecular weight excluding hydrogens is 492 g/mol. The largest absolute Gasteiger partial charge is 0.325 e. The summed E-state index contributed by atoms with van der Waals surface area (Å²) < 4.78 is 55.2. The summed E-state index contributed by atoms with van der Waals surface area (Å²) in [4.78, 5) is 34.4. The number of nitrogens with one attached hydrogen (secondary N) is 1. The van der Waals surface area contributed by atoms with Crippen molar-refractivity contribution in [3.05, 3.63) is 52.2 Å². The van der Waals surface area contributed by atoms with E-state index in [4.69, 9.17) is 11.6 Å². The molecule has 8 nitrogen and oxygen atoms in total. The number of carbonyl (C=O) groups excluding carboxylic acids is 2. The van der Waals surface area contributed by atoms with Gasteiger partial charge < -0.3 is 10.2 Å². The highest BCUT2D eigenvalue weighted by Crippen LogP contribution is 2.46. The van der Waals surface area contributed by atoms with E-state index < -0.39 is 59.8 Å². The molecule has 0 aromatic carbocycles. The molecule has 5 rings (SSSR count). The quantitative estimate of drug-likeness (QED) is 0.531. The fourth-order valence-electron chi connectivity index (χ4n) is 4.73. The number of carbonyl (C=O) groups is 2. The van der Waals surface area contributed by atoms with Gasteiger partial charge in [0.25, 0.3) is 18.3 Å². The molecule has 2 amide bonds. The average molecular weight is 511 g/mol. The van der Waals surface area contributed by atoms with Crippen molar-refractivity contribution < 1.29 is 27.2 Å². The van der Waals surface area contributed by atoms with Crippen molar-refractivity contribution in [2.24, 2.45) is 0 Å².